The van der Waals surface area contributed by atoms with Gasteiger partial charge in [-0.2, -0.15) is 0 Å². The van der Waals surface area contributed by atoms with Gasteiger partial charge in [-0.1, -0.05) is 18.2 Å². The van der Waals surface area contributed by atoms with Crippen LogP contribution in [0.1, 0.15) is 55.6 Å². The van der Waals surface area contributed by atoms with Crippen molar-refractivity contribution in [1.29, 1.82) is 0 Å². The van der Waals surface area contributed by atoms with Gasteiger partial charge < -0.3 is 14.8 Å². The lowest BCUT2D eigenvalue weighted by molar-refractivity contribution is 0.252. The summed E-state index contributed by atoms with van der Waals surface area (Å²) in [5.41, 5.74) is 4.38. The van der Waals surface area contributed by atoms with Crippen molar-refractivity contribution in [2.45, 2.75) is 50.9 Å². The second kappa shape index (κ2) is 8.79. The summed E-state index contributed by atoms with van der Waals surface area (Å²) >= 11 is 0. The Hall–Kier alpha value is -2.00. The Morgan fingerprint density at radius 1 is 1.00 bits per heavy atom. The molecule has 0 amide bonds. The van der Waals surface area contributed by atoms with Crippen molar-refractivity contribution in [3.05, 3.63) is 60.0 Å². The summed E-state index contributed by atoms with van der Waals surface area (Å²) in [6.07, 6.45) is 20.5. The van der Waals surface area contributed by atoms with Gasteiger partial charge in [-0.3, -0.25) is 0 Å². The predicted octanol–water partition coefficient (Wildman–Crippen LogP) is 5.47. The Kier molecular flexibility index (Phi) is 5.76. The summed E-state index contributed by atoms with van der Waals surface area (Å²) in [5.74, 6) is 1.60. The number of allylic oxidation sites excluding steroid dienone is 2. The largest absolute Gasteiger partial charge is 0.373 e. The van der Waals surface area contributed by atoms with Crippen molar-refractivity contribution in [3.8, 4) is 0 Å². The fraction of sp³-hybridized carbons (Fsp3) is 0.538. The Bertz CT molecular complexity index is 863. The van der Waals surface area contributed by atoms with Gasteiger partial charge in [-0.15, -0.1) is 0 Å². The Labute approximate surface area is 175 Å². The average molecular weight is 390 g/mol. The van der Waals surface area contributed by atoms with E-state index in [-0.39, 0.29) is 0 Å². The summed E-state index contributed by atoms with van der Waals surface area (Å²) < 4.78 is 0. The van der Waals surface area contributed by atoms with E-state index in [1.54, 1.807) is 5.56 Å². The van der Waals surface area contributed by atoms with Gasteiger partial charge in [0.1, 0.15) is 0 Å². The monoisotopic (exact) mass is 389 g/mol. The lowest BCUT2D eigenvalue weighted by Gasteiger charge is -2.32. The van der Waals surface area contributed by atoms with E-state index in [1.165, 1.54) is 87.6 Å². The van der Waals surface area contributed by atoms with Crippen molar-refractivity contribution < 1.29 is 0 Å². The maximum atomic E-state index is 3.51. The predicted molar refractivity (Wildman–Crippen MR) is 122 cm³/mol. The molecule has 3 heteroatoms. The normalized spacial score (nSPS) is 25.3. The molecule has 1 saturated carbocycles. The third kappa shape index (κ3) is 4.45. The summed E-state index contributed by atoms with van der Waals surface area (Å²) in [6.45, 7) is 6.11. The molecule has 3 nitrogen and oxygen atoms in total. The molecule has 2 fully saturated rings. The summed E-state index contributed by atoms with van der Waals surface area (Å²) in [7, 11) is 0. The van der Waals surface area contributed by atoms with Crippen LogP contribution in [0.5, 0.6) is 0 Å². The van der Waals surface area contributed by atoms with Crippen LogP contribution in [0.25, 0.3) is 10.9 Å². The van der Waals surface area contributed by atoms with Crippen molar-refractivity contribution in [1.82, 2.24) is 14.8 Å². The summed E-state index contributed by atoms with van der Waals surface area (Å²) in [5, 5.41) is 1.47. The number of benzene rings is 1. The number of hydrogen-bond donors (Lipinski definition) is 1. The number of aromatic amines is 1. The number of rotatable bonds is 6. The lowest BCUT2D eigenvalue weighted by atomic mass is 9.78. The number of fused-ring (bicyclic) bond motifs is 1. The van der Waals surface area contributed by atoms with Crippen LogP contribution in [0.2, 0.25) is 0 Å². The van der Waals surface area contributed by atoms with Gasteiger partial charge in [0.05, 0.1) is 0 Å². The highest BCUT2D eigenvalue weighted by Gasteiger charge is 2.24. The van der Waals surface area contributed by atoms with Crippen LogP contribution < -0.4 is 0 Å². The van der Waals surface area contributed by atoms with E-state index in [9.17, 15) is 0 Å². The summed E-state index contributed by atoms with van der Waals surface area (Å²) in [6, 6.07) is 7.21. The third-order valence-corrected chi connectivity index (χ3v) is 7.38. The first-order valence-corrected chi connectivity index (χ1v) is 11.7. The van der Waals surface area contributed by atoms with Crippen molar-refractivity contribution >= 4 is 10.9 Å². The quantitative estimate of drug-likeness (QED) is 0.708. The molecule has 1 saturated heterocycles. The fourth-order valence-corrected chi connectivity index (χ4v) is 5.59. The molecule has 5 rings (SSSR count). The second-order valence-corrected chi connectivity index (χ2v) is 9.36. The first kappa shape index (κ1) is 19.0. The van der Waals surface area contributed by atoms with Crippen LogP contribution in [-0.2, 0) is 6.42 Å². The molecular weight excluding hydrogens is 354 g/mol. The molecule has 0 unspecified atom stereocenters. The molecular formula is C26H35N3. The Morgan fingerprint density at radius 2 is 1.86 bits per heavy atom. The van der Waals surface area contributed by atoms with E-state index in [2.05, 4.69) is 63.6 Å². The number of aromatic nitrogens is 1. The number of likely N-dealkylation sites (tertiary alicyclic amines) is 1. The zero-order valence-corrected chi connectivity index (χ0v) is 17.7. The fourth-order valence-electron chi connectivity index (χ4n) is 5.59. The van der Waals surface area contributed by atoms with Gasteiger partial charge >= 0.3 is 0 Å². The maximum Gasteiger partial charge on any atom is 0.0456 e. The molecule has 154 valence electrons. The second-order valence-electron chi connectivity index (χ2n) is 9.36. The van der Waals surface area contributed by atoms with E-state index in [1.807, 2.05) is 0 Å². The smallest absolute Gasteiger partial charge is 0.0456 e. The standard InChI is InChI=1S/C26H35N3/c1-2-15-29(16-3-1)20-21-6-8-22(9-7-21)23-10-11-26-25(18-23)24(19-27-26)12-17-28-13-4-5-14-28/h1-3,10-11,15,18-19,21-22,27H,4-9,12-14,16-17,20H2. The van der Waals surface area contributed by atoms with E-state index >= 15 is 0 Å². The molecule has 3 heterocycles. The van der Waals surface area contributed by atoms with Gasteiger partial charge in [-0.05, 0) is 105 Å². The van der Waals surface area contributed by atoms with Gasteiger partial charge in [-0.25, -0.2) is 0 Å². The molecule has 0 spiro atoms. The topological polar surface area (TPSA) is 22.3 Å². The molecule has 2 aliphatic heterocycles. The minimum absolute atomic E-state index is 0.744. The molecule has 1 aliphatic carbocycles. The maximum absolute atomic E-state index is 3.51. The molecule has 29 heavy (non-hydrogen) atoms. The van der Waals surface area contributed by atoms with Gasteiger partial charge in [0.2, 0.25) is 0 Å². The highest BCUT2D eigenvalue weighted by molar-refractivity contribution is 5.84. The highest BCUT2D eigenvalue weighted by atomic mass is 15.1. The van der Waals surface area contributed by atoms with Crippen LogP contribution >= 0.6 is 0 Å². The Morgan fingerprint density at radius 3 is 2.66 bits per heavy atom. The van der Waals surface area contributed by atoms with E-state index in [0.717, 1.165) is 18.4 Å². The summed E-state index contributed by atoms with van der Waals surface area (Å²) in [4.78, 5) is 8.61. The van der Waals surface area contributed by atoms with Crippen molar-refractivity contribution in [3.63, 3.8) is 0 Å². The number of nitrogens with zero attached hydrogens (tertiary/aromatic N) is 2. The third-order valence-electron chi connectivity index (χ3n) is 7.38. The number of H-pyrrole nitrogens is 1. The van der Waals surface area contributed by atoms with Crippen LogP contribution in [0.15, 0.2) is 48.8 Å². The van der Waals surface area contributed by atoms with E-state index < -0.39 is 0 Å². The van der Waals surface area contributed by atoms with Gasteiger partial charge in [0.15, 0.2) is 0 Å². The molecule has 0 atom stereocenters. The van der Waals surface area contributed by atoms with Gasteiger partial charge in [0.25, 0.3) is 0 Å². The molecule has 0 bridgehead atoms. The van der Waals surface area contributed by atoms with Crippen LogP contribution in [-0.4, -0.2) is 47.5 Å². The van der Waals surface area contributed by atoms with Crippen LogP contribution in [0.3, 0.4) is 0 Å². The number of hydrogen-bond acceptors (Lipinski definition) is 2. The van der Waals surface area contributed by atoms with Crippen LogP contribution in [0, 0.1) is 5.92 Å². The van der Waals surface area contributed by atoms with Crippen molar-refractivity contribution in [2.24, 2.45) is 5.92 Å². The highest BCUT2D eigenvalue weighted by Crippen LogP contribution is 2.37. The Balaban J connectivity index is 1.20. The molecule has 0 radical (unpaired) electrons. The molecule has 2 aromatic rings. The molecule has 1 aromatic carbocycles. The lowest BCUT2D eigenvalue weighted by Crippen LogP contribution is -2.28. The molecule has 1 aromatic heterocycles. The van der Waals surface area contributed by atoms with E-state index in [0.29, 0.717) is 0 Å². The molecule has 1 N–H and O–H groups in total. The van der Waals surface area contributed by atoms with Gasteiger partial charge in [0, 0.05) is 36.7 Å². The first-order chi connectivity index (χ1) is 14.3. The molecule has 3 aliphatic rings. The number of nitrogens with one attached hydrogen (secondary N) is 1. The zero-order valence-electron chi connectivity index (χ0n) is 17.7. The minimum atomic E-state index is 0.744. The zero-order chi connectivity index (χ0) is 19.5. The average Bonchev–Trinajstić information content (AvgIpc) is 3.43. The van der Waals surface area contributed by atoms with Crippen molar-refractivity contribution in [2.75, 3.05) is 32.7 Å². The van der Waals surface area contributed by atoms with E-state index in [4.69, 9.17) is 0 Å². The minimum Gasteiger partial charge on any atom is -0.373 e. The SMILES string of the molecule is C1=CCN(CC2CCC(c3ccc4[nH]cc(CCN5CCCC5)c4c3)CC2)C=C1. The first-order valence-electron chi connectivity index (χ1n) is 11.7. The van der Waals surface area contributed by atoms with Crippen LogP contribution in [0.4, 0.5) is 0 Å².